The van der Waals surface area contributed by atoms with Gasteiger partial charge in [-0.1, -0.05) is 42.3 Å². The topological polar surface area (TPSA) is 114 Å². The number of nitrogens with zero attached hydrogens (tertiary/aromatic N) is 3. The van der Waals surface area contributed by atoms with E-state index in [1.165, 1.54) is 0 Å². The molecule has 2 aromatic carbocycles. The van der Waals surface area contributed by atoms with Crippen molar-refractivity contribution < 1.29 is 18.3 Å². The molecule has 0 bridgehead atoms. The van der Waals surface area contributed by atoms with Gasteiger partial charge in [0.15, 0.2) is 0 Å². The van der Waals surface area contributed by atoms with Crippen molar-refractivity contribution in [3.63, 3.8) is 0 Å². The lowest BCUT2D eigenvalue weighted by Gasteiger charge is -2.25. The van der Waals surface area contributed by atoms with E-state index in [1.807, 2.05) is 58.2 Å². The SMILES string of the molecule is Cc1ccc(C(CC(=O)O)c2ccc3c(nnn3C)c2C)cc1CNS(=O)(=O)C1(C)CCCC1. The number of aliphatic carboxylic acids is 1. The highest BCUT2D eigenvalue weighted by molar-refractivity contribution is 7.90. The molecule has 1 fully saturated rings. The summed E-state index contributed by atoms with van der Waals surface area (Å²) in [5.74, 6) is -1.30. The van der Waals surface area contributed by atoms with Gasteiger partial charge in [-0.3, -0.25) is 4.79 Å². The van der Waals surface area contributed by atoms with Crippen LogP contribution in [0.4, 0.5) is 0 Å². The Balaban J connectivity index is 1.68. The van der Waals surface area contributed by atoms with Crippen molar-refractivity contribution in [3.05, 3.63) is 58.1 Å². The smallest absolute Gasteiger partial charge is 0.304 e. The van der Waals surface area contributed by atoms with E-state index in [0.717, 1.165) is 51.7 Å². The van der Waals surface area contributed by atoms with Crippen molar-refractivity contribution in [1.29, 1.82) is 0 Å². The van der Waals surface area contributed by atoms with Crippen LogP contribution in [0.5, 0.6) is 0 Å². The second-order valence-electron chi connectivity index (χ2n) is 9.68. The number of hydrogen-bond donors (Lipinski definition) is 2. The van der Waals surface area contributed by atoms with E-state index in [4.69, 9.17) is 0 Å². The summed E-state index contributed by atoms with van der Waals surface area (Å²) in [5.41, 5.74) is 6.04. The number of benzene rings is 2. The first-order valence-electron chi connectivity index (χ1n) is 11.6. The third-order valence-electron chi connectivity index (χ3n) is 7.37. The van der Waals surface area contributed by atoms with Crippen LogP contribution in [0.25, 0.3) is 11.0 Å². The first-order chi connectivity index (χ1) is 16.0. The number of carbonyl (C=O) groups is 1. The first kappa shape index (κ1) is 24.3. The Morgan fingerprint density at radius 1 is 1.21 bits per heavy atom. The van der Waals surface area contributed by atoms with Gasteiger partial charge < -0.3 is 5.11 Å². The summed E-state index contributed by atoms with van der Waals surface area (Å²) in [6, 6.07) is 9.65. The van der Waals surface area contributed by atoms with Crippen LogP contribution < -0.4 is 4.72 Å². The maximum atomic E-state index is 13.0. The highest BCUT2D eigenvalue weighted by Crippen LogP contribution is 2.37. The molecule has 34 heavy (non-hydrogen) atoms. The zero-order valence-electron chi connectivity index (χ0n) is 20.1. The molecule has 1 saturated carbocycles. The third kappa shape index (κ3) is 4.46. The van der Waals surface area contributed by atoms with Crippen LogP contribution in [0.1, 0.15) is 72.8 Å². The second kappa shape index (κ2) is 9.11. The second-order valence-corrected chi connectivity index (χ2v) is 12.0. The fourth-order valence-electron chi connectivity index (χ4n) is 5.05. The van der Waals surface area contributed by atoms with Gasteiger partial charge in [-0.15, -0.1) is 5.10 Å². The van der Waals surface area contributed by atoms with E-state index in [0.29, 0.717) is 12.8 Å². The molecule has 1 aromatic heterocycles. The lowest BCUT2D eigenvalue weighted by atomic mass is 9.84. The molecule has 0 saturated heterocycles. The Morgan fingerprint density at radius 2 is 1.91 bits per heavy atom. The molecule has 1 aliphatic carbocycles. The number of sulfonamides is 1. The van der Waals surface area contributed by atoms with E-state index in [9.17, 15) is 18.3 Å². The average Bonchev–Trinajstić information content (AvgIpc) is 3.40. The quantitative estimate of drug-likeness (QED) is 0.500. The van der Waals surface area contributed by atoms with Crippen LogP contribution in [0.3, 0.4) is 0 Å². The van der Waals surface area contributed by atoms with Crippen molar-refractivity contribution in [2.45, 2.75) is 70.1 Å². The summed E-state index contributed by atoms with van der Waals surface area (Å²) in [5, 5.41) is 18.0. The number of fused-ring (bicyclic) bond motifs is 1. The average molecular weight is 485 g/mol. The molecular weight excluding hydrogens is 452 g/mol. The van der Waals surface area contributed by atoms with Crippen molar-refractivity contribution in [3.8, 4) is 0 Å². The molecule has 2 N–H and O–H groups in total. The number of nitrogens with one attached hydrogen (secondary N) is 1. The van der Waals surface area contributed by atoms with Gasteiger partial charge in [-0.25, -0.2) is 17.8 Å². The molecule has 1 heterocycles. The molecule has 3 aromatic rings. The Hall–Kier alpha value is -2.78. The minimum atomic E-state index is -3.47. The number of aromatic nitrogens is 3. The zero-order chi connectivity index (χ0) is 24.7. The Kier molecular flexibility index (Phi) is 6.52. The summed E-state index contributed by atoms with van der Waals surface area (Å²) in [7, 11) is -1.65. The Morgan fingerprint density at radius 3 is 2.59 bits per heavy atom. The van der Waals surface area contributed by atoms with Gasteiger partial charge in [-0.05, 0) is 67.5 Å². The maximum absolute atomic E-state index is 13.0. The molecule has 4 rings (SSSR count). The van der Waals surface area contributed by atoms with Gasteiger partial charge >= 0.3 is 5.97 Å². The normalized spacial score (nSPS) is 16.7. The molecule has 8 nitrogen and oxygen atoms in total. The van der Waals surface area contributed by atoms with Crippen molar-refractivity contribution in [2.24, 2.45) is 7.05 Å². The van der Waals surface area contributed by atoms with E-state index in [2.05, 4.69) is 15.0 Å². The number of aryl methyl sites for hydroxylation is 3. The number of carboxylic acids is 1. The summed E-state index contributed by atoms with van der Waals surface area (Å²) in [6.07, 6.45) is 3.12. The predicted octanol–water partition coefficient (Wildman–Crippen LogP) is 3.94. The molecule has 0 amide bonds. The van der Waals surface area contributed by atoms with Gasteiger partial charge in [0.2, 0.25) is 10.0 Å². The van der Waals surface area contributed by atoms with Crippen LogP contribution in [-0.2, 0) is 28.4 Å². The van der Waals surface area contributed by atoms with Crippen LogP contribution in [0.2, 0.25) is 0 Å². The van der Waals surface area contributed by atoms with Crippen molar-refractivity contribution >= 4 is 27.0 Å². The lowest BCUT2D eigenvalue weighted by molar-refractivity contribution is -0.137. The zero-order valence-corrected chi connectivity index (χ0v) is 20.9. The summed E-state index contributed by atoms with van der Waals surface area (Å²) in [6.45, 7) is 5.87. The Labute approximate surface area is 200 Å². The molecule has 182 valence electrons. The molecule has 1 unspecified atom stereocenters. The molecule has 1 aliphatic rings. The number of hydrogen-bond acceptors (Lipinski definition) is 5. The highest BCUT2D eigenvalue weighted by atomic mass is 32.2. The fraction of sp³-hybridized carbons (Fsp3) is 0.480. The standard InChI is InChI=1S/C25H32N4O4S/c1-16-7-8-18(13-19(16)15-26-34(32,33)25(3)11-5-6-12-25)21(14-23(30)31)20-9-10-22-24(17(20)2)27-28-29(22)4/h7-10,13,21,26H,5-6,11-12,14-15H2,1-4H3,(H,30,31). The predicted molar refractivity (Wildman–Crippen MR) is 131 cm³/mol. The van der Waals surface area contributed by atoms with Crippen LogP contribution in [0, 0.1) is 13.8 Å². The molecular formula is C25H32N4O4S. The summed E-state index contributed by atoms with van der Waals surface area (Å²) in [4.78, 5) is 11.8. The van der Waals surface area contributed by atoms with Gasteiger partial charge in [0.05, 0.1) is 16.7 Å². The van der Waals surface area contributed by atoms with Crippen molar-refractivity contribution in [2.75, 3.05) is 0 Å². The highest BCUT2D eigenvalue weighted by Gasteiger charge is 2.41. The Bertz CT molecular complexity index is 1340. The maximum Gasteiger partial charge on any atom is 0.304 e. The molecule has 0 radical (unpaired) electrons. The number of rotatable bonds is 8. The van der Waals surface area contributed by atoms with E-state index < -0.39 is 26.7 Å². The lowest BCUT2D eigenvalue weighted by Crippen LogP contribution is -2.41. The monoisotopic (exact) mass is 484 g/mol. The van der Waals surface area contributed by atoms with Gasteiger partial charge in [0.25, 0.3) is 0 Å². The largest absolute Gasteiger partial charge is 0.481 e. The minimum Gasteiger partial charge on any atom is -0.481 e. The molecule has 0 aliphatic heterocycles. The molecule has 0 spiro atoms. The fourth-order valence-corrected chi connectivity index (χ4v) is 6.57. The van der Waals surface area contributed by atoms with Crippen molar-refractivity contribution in [1.82, 2.24) is 19.7 Å². The summed E-state index contributed by atoms with van der Waals surface area (Å²) < 4.78 is 29.8. The number of carboxylic acid groups (broad SMARTS) is 1. The molecule has 9 heteroatoms. The third-order valence-corrected chi connectivity index (χ3v) is 9.60. The summed E-state index contributed by atoms with van der Waals surface area (Å²) >= 11 is 0. The van der Waals surface area contributed by atoms with Gasteiger partial charge in [0.1, 0.15) is 5.52 Å². The van der Waals surface area contributed by atoms with Crippen LogP contribution in [0.15, 0.2) is 30.3 Å². The van der Waals surface area contributed by atoms with E-state index >= 15 is 0 Å². The van der Waals surface area contributed by atoms with Gasteiger partial charge in [-0.2, -0.15) is 0 Å². The van der Waals surface area contributed by atoms with Crippen LogP contribution in [-0.4, -0.2) is 39.2 Å². The first-order valence-corrected chi connectivity index (χ1v) is 13.1. The van der Waals surface area contributed by atoms with Crippen LogP contribution >= 0.6 is 0 Å². The van der Waals surface area contributed by atoms with E-state index in [1.54, 1.807) is 4.68 Å². The molecule has 1 atom stereocenters. The van der Waals surface area contributed by atoms with E-state index in [-0.39, 0.29) is 13.0 Å². The minimum absolute atomic E-state index is 0.0844. The van der Waals surface area contributed by atoms with Gasteiger partial charge in [0, 0.05) is 19.5 Å².